The van der Waals surface area contributed by atoms with Crippen LogP contribution in [-0.2, 0) is 4.79 Å². The van der Waals surface area contributed by atoms with Crippen molar-refractivity contribution in [3.8, 4) is 6.07 Å². The second kappa shape index (κ2) is 5.87. The van der Waals surface area contributed by atoms with Crippen molar-refractivity contribution in [3.63, 3.8) is 0 Å². The molecule has 112 valence electrons. The molecule has 0 radical (unpaired) electrons. The molecule has 1 heterocycles. The molecule has 22 heavy (non-hydrogen) atoms. The highest BCUT2D eigenvalue weighted by molar-refractivity contribution is 6.35. The molecule has 0 amide bonds. The minimum absolute atomic E-state index is 0.0776. The quantitative estimate of drug-likeness (QED) is 0.748. The number of allylic oxidation sites excluding steroid dienone is 2. The second-order valence-corrected chi connectivity index (χ2v) is 6.48. The van der Waals surface area contributed by atoms with Crippen LogP contribution in [0.5, 0.6) is 0 Å². The number of ketones is 1. The average molecular weight is 333 g/mol. The summed E-state index contributed by atoms with van der Waals surface area (Å²) in [6.07, 6.45) is 2.10. The molecule has 1 aliphatic carbocycles. The topological polar surface area (TPSA) is 53.2 Å². The number of carbonyl (C=O) groups is 1. The molecule has 2 aliphatic rings. The van der Waals surface area contributed by atoms with Crippen LogP contribution >= 0.6 is 23.2 Å². The molecule has 0 spiro atoms. The van der Waals surface area contributed by atoms with Crippen LogP contribution in [0.25, 0.3) is 0 Å². The summed E-state index contributed by atoms with van der Waals surface area (Å²) in [7, 11) is 0. The van der Waals surface area contributed by atoms with Gasteiger partial charge in [-0.3, -0.25) is 9.79 Å². The summed E-state index contributed by atoms with van der Waals surface area (Å²) >= 11 is 12.3. The van der Waals surface area contributed by atoms with Gasteiger partial charge in [-0.25, -0.2) is 0 Å². The van der Waals surface area contributed by atoms with E-state index in [0.717, 1.165) is 29.8 Å². The maximum absolute atomic E-state index is 12.5. The summed E-state index contributed by atoms with van der Waals surface area (Å²) < 4.78 is 0. The first-order chi connectivity index (χ1) is 10.5. The van der Waals surface area contributed by atoms with Crippen LogP contribution in [0.4, 0.5) is 0 Å². The number of hydrogen-bond donors (Lipinski definition) is 0. The van der Waals surface area contributed by atoms with Crippen LogP contribution in [0, 0.1) is 17.2 Å². The highest BCUT2D eigenvalue weighted by Gasteiger charge is 2.39. The summed E-state index contributed by atoms with van der Waals surface area (Å²) in [5.41, 5.74) is 2.99. The Hall–Kier alpha value is -1.63. The Morgan fingerprint density at radius 1 is 1.32 bits per heavy atom. The molecule has 1 aliphatic heterocycles. The smallest absolute Gasteiger partial charge is 0.161 e. The predicted octanol–water partition coefficient (Wildman–Crippen LogP) is 4.70. The second-order valence-electron chi connectivity index (χ2n) is 5.64. The lowest BCUT2D eigenvalue weighted by molar-refractivity contribution is -0.116. The largest absolute Gasteiger partial charge is 0.294 e. The summed E-state index contributed by atoms with van der Waals surface area (Å²) in [6, 6.07) is 7.50. The molecule has 1 aromatic rings. The van der Waals surface area contributed by atoms with Crippen molar-refractivity contribution >= 4 is 34.7 Å². The van der Waals surface area contributed by atoms with Crippen molar-refractivity contribution in [2.24, 2.45) is 10.9 Å². The molecule has 5 heteroatoms. The van der Waals surface area contributed by atoms with Gasteiger partial charge < -0.3 is 0 Å². The lowest BCUT2D eigenvalue weighted by Crippen LogP contribution is -2.30. The van der Waals surface area contributed by atoms with Gasteiger partial charge in [-0.15, -0.1) is 0 Å². The molecule has 2 atom stereocenters. The molecule has 0 aromatic heterocycles. The van der Waals surface area contributed by atoms with Gasteiger partial charge in [0.2, 0.25) is 0 Å². The van der Waals surface area contributed by atoms with Gasteiger partial charge in [0, 0.05) is 39.4 Å². The number of carbonyl (C=O) groups excluding carboxylic acids is 1. The normalized spacial score (nSPS) is 24.6. The van der Waals surface area contributed by atoms with Gasteiger partial charge in [-0.2, -0.15) is 5.26 Å². The third-order valence-electron chi connectivity index (χ3n) is 4.27. The lowest BCUT2D eigenvalue weighted by Gasteiger charge is -2.32. The molecule has 3 nitrogen and oxygen atoms in total. The van der Waals surface area contributed by atoms with Crippen molar-refractivity contribution < 1.29 is 4.79 Å². The first kappa shape index (κ1) is 15.3. The third kappa shape index (κ3) is 2.47. The Morgan fingerprint density at radius 2 is 2.09 bits per heavy atom. The Bertz CT molecular complexity index is 758. The van der Waals surface area contributed by atoms with Crippen LogP contribution < -0.4 is 0 Å². The minimum Gasteiger partial charge on any atom is -0.294 e. The van der Waals surface area contributed by atoms with Crippen molar-refractivity contribution in [1.29, 1.82) is 5.26 Å². The first-order valence-corrected chi connectivity index (χ1v) is 7.94. The SMILES string of the molecule is CC1=NC2=C(C(=O)CCC2)C(c2ccc(Cl)cc2Cl)C1C#N. The zero-order valence-corrected chi connectivity index (χ0v) is 13.6. The molecular weight excluding hydrogens is 319 g/mol. The highest BCUT2D eigenvalue weighted by atomic mass is 35.5. The number of rotatable bonds is 1. The van der Waals surface area contributed by atoms with Crippen LogP contribution in [0.15, 0.2) is 34.5 Å². The molecule has 0 bridgehead atoms. The zero-order valence-electron chi connectivity index (χ0n) is 12.1. The number of nitriles is 1. The van der Waals surface area contributed by atoms with Gasteiger partial charge in [0.25, 0.3) is 0 Å². The maximum Gasteiger partial charge on any atom is 0.161 e. The number of benzene rings is 1. The fourth-order valence-electron chi connectivity index (χ4n) is 3.26. The molecule has 0 saturated carbocycles. The predicted molar refractivity (Wildman–Crippen MR) is 87.3 cm³/mol. The van der Waals surface area contributed by atoms with E-state index in [0.29, 0.717) is 22.0 Å². The molecule has 0 saturated heterocycles. The Labute approximate surface area is 139 Å². The molecule has 0 fully saturated rings. The van der Waals surface area contributed by atoms with E-state index < -0.39 is 5.92 Å². The van der Waals surface area contributed by atoms with Gasteiger partial charge in [-0.1, -0.05) is 29.3 Å². The van der Waals surface area contributed by atoms with Crippen molar-refractivity contribution in [2.75, 3.05) is 0 Å². The van der Waals surface area contributed by atoms with Crippen molar-refractivity contribution in [2.45, 2.75) is 32.1 Å². The summed E-state index contributed by atoms with van der Waals surface area (Å²) in [6.45, 7) is 1.84. The highest BCUT2D eigenvalue weighted by Crippen LogP contribution is 2.45. The van der Waals surface area contributed by atoms with E-state index in [1.807, 2.05) is 13.0 Å². The van der Waals surface area contributed by atoms with Crippen molar-refractivity contribution in [3.05, 3.63) is 45.1 Å². The Kier molecular flexibility index (Phi) is 4.08. The van der Waals surface area contributed by atoms with Gasteiger partial charge >= 0.3 is 0 Å². The van der Waals surface area contributed by atoms with E-state index in [1.165, 1.54) is 0 Å². The summed E-state index contributed by atoms with van der Waals surface area (Å²) in [5, 5.41) is 10.6. The number of hydrogen-bond acceptors (Lipinski definition) is 3. The van der Waals surface area contributed by atoms with Gasteiger partial charge in [-0.05, 0) is 37.5 Å². The third-order valence-corrected chi connectivity index (χ3v) is 4.83. The fraction of sp³-hybridized carbons (Fsp3) is 0.353. The van der Waals surface area contributed by atoms with E-state index >= 15 is 0 Å². The number of aliphatic imine (C=N–C) groups is 1. The van der Waals surface area contributed by atoms with E-state index in [9.17, 15) is 10.1 Å². The molecular formula is C17H14Cl2N2O. The lowest BCUT2D eigenvalue weighted by atomic mass is 9.72. The Morgan fingerprint density at radius 3 is 2.77 bits per heavy atom. The number of halogens is 2. The summed E-state index contributed by atoms with van der Waals surface area (Å²) in [4.78, 5) is 17.0. The van der Waals surface area contributed by atoms with E-state index in [-0.39, 0.29) is 11.7 Å². The Balaban J connectivity index is 2.21. The zero-order chi connectivity index (χ0) is 15.9. The maximum atomic E-state index is 12.5. The van der Waals surface area contributed by atoms with Crippen molar-refractivity contribution in [1.82, 2.24) is 0 Å². The number of Topliss-reactive ketones (excluding diaryl/α,β-unsaturated/α-hetero) is 1. The van der Waals surface area contributed by atoms with Crippen LogP contribution in [0.2, 0.25) is 10.0 Å². The van der Waals surface area contributed by atoms with E-state index in [4.69, 9.17) is 23.2 Å². The molecule has 3 rings (SSSR count). The van der Waals surface area contributed by atoms with Crippen LogP contribution in [0.1, 0.15) is 37.7 Å². The van der Waals surface area contributed by atoms with Gasteiger partial charge in [0.15, 0.2) is 5.78 Å². The van der Waals surface area contributed by atoms with E-state index in [1.54, 1.807) is 12.1 Å². The molecule has 2 unspecified atom stereocenters. The first-order valence-electron chi connectivity index (χ1n) is 7.19. The van der Waals surface area contributed by atoms with Crippen LogP contribution in [0.3, 0.4) is 0 Å². The average Bonchev–Trinajstić information content (AvgIpc) is 2.46. The van der Waals surface area contributed by atoms with Gasteiger partial charge in [0.05, 0.1) is 12.0 Å². The summed E-state index contributed by atoms with van der Waals surface area (Å²) in [5.74, 6) is -0.747. The standard InChI is InChI=1S/C17H14Cl2N2O/c1-9-12(8-20)16(11-6-5-10(18)7-13(11)19)17-14(21-9)3-2-4-15(17)22/h5-7,12,16H,2-4H2,1H3. The molecule has 0 N–H and O–H groups in total. The monoisotopic (exact) mass is 332 g/mol. The van der Waals surface area contributed by atoms with Gasteiger partial charge in [0.1, 0.15) is 0 Å². The molecule has 1 aromatic carbocycles. The van der Waals surface area contributed by atoms with E-state index in [2.05, 4.69) is 11.1 Å². The van der Waals surface area contributed by atoms with Crippen LogP contribution in [-0.4, -0.2) is 11.5 Å². The number of nitrogens with zero attached hydrogens (tertiary/aromatic N) is 2. The fourth-order valence-corrected chi connectivity index (χ4v) is 3.79. The minimum atomic E-state index is -0.473.